The van der Waals surface area contributed by atoms with Gasteiger partial charge in [-0.05, 0) is 42.0 Å². The summed E-state index contributed by atoms with van der Waals surface area (Å²) in [6, 6.07) is 3.47. The third-order valence-electron chi connectivity index (χ3n) is 2.50. The van der Waals surface area contributed by atoms with Gasteiger partial charge in [-0.15, -0.1) is 0 Å². The first-order chi connectivity index (χ1) is 6.07. The third-order valence-corrected chi connectivity index (χ3v) is 2.50. The Bertz CT molecular complexity index is 300. The Morgan fingerprint density at radius 3 is 2.38 bits per heavy atom. The van der Waals surface area contributed by atoms with Crippen molar-refractivity contribution >= 4 is 0 Å². The summed E-state index contributed by atoms with van der Waals surface area (Å²) in [6.07, 6.45) is 0.981. The Balaban J connectivity index is 3.32. The molecule has 0 aliphatic heterocycles. The van der Waals surface area contributed by atoms with Gasteiger partial charge in [0, 0.05) is 0 Å². The molecule has 0 N–H and O–H groups in total. The number of hydrogen-bond acceptors (Lipinski definition) is 0. The topological polar surface area (TPSA) is 0 Å². The highest BCUT2D eigenvalue weighted by molar-refractivity contribution is 5.37. The number of rotatable bonds is 2. The van der Waals surface area contributed by atoms with Crippen LogP contribution in [0.1, 0.15) is 43.4 Å². The molecule has 1 heteroatoms. The van der Waals surface area contributed by atoms with E-state index in [-0.39, 0.29) is 5.82 Å². The van der Waals surface area contributed by atoms with Gasteiger partial charge in [-0.25, -0.2) is 4.39 Å². The average Bonchev–Trinajstić information content (AvgIpc) is 2.08. The fraction of sp³-hybridized carbons (Fsp3) is 0.500. The maximum Gasteiger partial charge on any atom is 0.126 e. The van der Waals surface area contributed by atoms with Gasteiger partial charge < -0.3 is 0 Å². The SMILES string of the molecule is CCc1ccc(F)c(C)c1C(C)C. The zero-order valence-electron chi connectivity index (χ0n) is 8.82. The van der Waals surface area contributed by atoms with Crippen molar-refractivity contribution in [2.45, 2.75) is 40.0 Å². The van der Waals surface area contributed by atoms with Crippen molar-refractivity contribution in [2.24, 2.45) is 0 Å². The molecule has 0 saturated heterocycles. The second-order valence-corrected chi connectivity index (χ2v) is 3.75. The summed E-state index contributed by atoms with van der Waals surface area (Å²) in [5.41, 5.74) is 3.27. The van der Waals surface area contributed by atoms with Gasteiger partial charge in [0.25, 0.3) is 0 Å². The number of halogens is 1. The molecule has 0 radical (unpaired) electrons. The van der Waals surface area contributed by atoms with Gasteiger partial charge in [-0.3, -0.25) is 0 Å². The number of aryl methyl sites for hydroxylation is 1. The van der Waals surface area contributed by atoms with Crippen LogP contribution in [0.3, 0.4) is 0 Å². The van der Waals surface area contributed by atoms with Crippen LogP contribution < -0.4 is 0 Å². The molecule has 13 heavy (non-hydrogen) atoms. The van der Waals surface area contributed by atoms with E-state index in [0.717, 1.165) is 12.0 Å². The minimum Gasteiger partial charge on any atom is -0.207 e. The van der Waals surface area contributed by atoms with Gasteiger partial charge in [-0.1, -0.05) is 26.8 Å². The third kappa shape index (κ3) is 1.90. The van der Waals surface area contributed by atoms with E-state index in [2.05, 4.69) is 20.8 Å². The first-order valence-corrected chi connectivity index (χ1v) is 4.85. The van der Waals surface area contributed by atoms with E-state index in [1.165, 1.54) is 11.1 Å². The zero-order valence-corrected chi connectivity index (χ0v) is 8.82. The van der Waals surface area contributed by atoms with Crippen LogP contribution in [0.15, 0.2) is 12.1 Å². The van der Waals surface area contributed by atoms with Crippen LogP contribution in [0.4, 0.5) is 4.39 Å². The van der Waals surface area contributed by atoms with Crippen LogP contribution in [-0.2, 0) is 6.42 Å². The fourth-order valence-electron chi connectivity index (χ4n) is 1.87. The molecule has 0 spiro atoms. The Labute approximate surface area is 79.8 Å². The van der Waals surface area contributed by atoms with Crippen molar-refractivity contribution in [3.8, 4) is 0 Å². The molecule has 1 aromatic carbocycles. The molecular formula is C12H17F. The van der Waals surface area contributed by atoms with Gasteiger partial charge in [0.05, 0.1) is 0 Å². The fourth-order valence-corrected chi connectivity index (χ4v) is 1.87. The highest BCUT2D eigenvalue weighted by atomic mass is 19.1. The van der Waals surface area contributed by atoms with Gasteiger partial charge >= 0.3 is 0 Å². The van der Waals surface area contributed by atoms with E-state index in [9.17, 15) is 4.39 Å². The Morgan fingerprint density at radius 1 is 1.31 bits per heavy atom. The standard InChI is InChI=1S/C12H17F/c1-5-10-6-7-11(13)9(4)12(10)8(2)3/h6-8H,5H2,1-4H3. The van der Waals surface area contributed by atoms with Crippen LogP contribution in [0.2, 0.25) is 0 Å². The molecule has 0 nitrogen and oxygen atoms in total. The van der Waals surface area contributed by atoms with E-state index in [1.807, 2.05) is 13.0 Å². The molecule has 1 rings (SSSR count). The summed E-state index contributed by atoms with van der Waals surface area (Å²) in [6.45, 7) is 8.20. The molecule has 1 aromatic rings. The lowest BCUT2D eigenvalue weighted by Crippen LogP contribution is -2.00. The predicted octanol–water partition coefficient (Wildman–Crippen LogP) is 3.82. The van der Waals surface area contributed by atoms with E-state index in [4.69, 9.17) is 0 Å². The predicted molar refractivity (Wildman–Crippen MR) is 54.6 cm³/mol. The largest absolute Gasteiger partial charge is 0.207 e. The highest BCUT2D eigenvalue weighted by Crippen LogP contribution is 2.25. The molecule has 0 saturated carbocycles. The highest BCUT2D eigenvalue weighted by Gasteiger charge is 2.11. The second-order valence-electron chi connectivity index (χ2n) is 3.75. The van der Waals surface area contributed by atoms with Crippen LogP contribution in [0.25, 0.3) is 0 Å². The molecule has 72 valence electrons. The van der Waals surface area contributed by atoms with Crippen LogP contribution in [-0.4, -0.2) is 0 Å². The molecule has 0 aromatic heterocycles. The minimum absolute atomic E-state index is 0.0825. The van der Waals surface area contributed by atoms with Crippen LogP contribution >= 0.6 is 0 Å². The van der Waals surface area contributed by atoms with E-state index in [0.29, 0.717) is 5.92 Å². The normalized spacial score (nSPS) is 10.9. The minimum atomic E-state index is -0.0825. The van der Waals surface area contributed by atoms with E-state index < -0.39 is 0 Å². The van der Waals surface area contributed by atoms with Crippen LogP contribution in [0.5, 0.6) is 0 Å². The Kier molecular flexibility index (Phi) is 3.07. The maximum atomic E-state index is 13.3. The van der Waals surface area contributed by atoms with E-state index >= 15 is 0 Å². The second kappa shape index (κ2) is 3.91. The summed E-state index contributed by atoms with van der Waals surface area (Å²) in [5, 5.41) is 0. The molecular weight excluding hydrogens is 163 g/mol. The lowest BCUT2D eigenvalue weighted by Gasteiger charge is -2.15. The van der Waals surface area contributed by atoms with Gasteiger partial charge in [0.15, 0.2) is 0 Å². The molecule has 0 unspecified atom stereocenters. The van der Waals surface area contributed by atoms with Crippen LogP contribution in [0, 0.1) is 12.7 Å². The summed E-state index contributed by atoms with van der Waals surface area (Å²) in [4.78, 5) is 0. The van der Waals surface area contributed by atoms with Crippen molar-refractivity contribution in [1.29, 1.82) is 0 Å². The van der Waals surface area contributed by atoms with Crippen molar-refractivity contribution < 1.29 is 4.39 Å². The summed E-state index contributed by atoms with van der Waals surface area (Å²) in [5.74, 6) is 0.326. The maximum absolute atomic E-state index is 13.3. The van der Waals surface area contributed by atoms with Gasteiger partial charge in [0.2, 0.25) is 0 Å². The monoisotopic (exact) mass is 180 g/mol. The zero-order chi connectivity index (χ0) is 10.0. The van der Waals surface area contributed by atoms with Gasteiger partial charge in [-0.2, -0.15) is 0 Å². The Morgan fingerprint density at radius 2 is 1.92 bits per heavy atom. The van der Waals surface area contributed by atoms with Crippen molar-refractivity contribution in [3.05, 3.63) is 34.6 Å². The Hall–Kier alpha value is -0.850. The molecule has 0 aliphatic rings. The molecule has 0 fully saturated rings. The van der Waals surface area contributed by atoms with E-state index in [1.54, 1.807) is 6.07 Å². The van der Waals surface area contributed by atoms with Crippen molar-refractivity contribution in [1.82, 2.24) is 0 Å². The average molecular weight is 180 g/mol. The lowest BCUT2D eigenvalue weighted by molar-refractivity contribution is 0.610. The quantitative estimate of drug-likeness (QED) is 0.649. The molecule has 0 heterocycles. The first kappa shape index (κ1) is 10.2. The summed E-state index contributed by atoms with van der Waals surface area (Å²) >= 11 is 0. The molecule has 0 bridgehead atoms. The number of hydrogen-bond donors (Lipinski definition) is 0. The molecule has 0 aliphatic carbocycles. The number of benzene rings is 1. The van der Waals surface area contributed by atoms with Crippen molar-refractivity contribution in [2.75, 3.05) is 0 Å². The lowest BCUT2D eigenvalue weighted by atomic mass is 9.91. The summed E-state index contributed by atoms with van der Waals surface area (Å²) < 4.78 is 13.3. The molecule has 0 atom stereocenters. The molecule has 0 amide bonds. The van der Waals surface area contributed by atoms with Gasteiger partial charge in [0.1, 0.15) is 5.82 Å². The first-order valence-electron chi connectivity index (χ1n) is 4.85. The summed E-state index contributed by atoms with van der Waals surface area (Å²) in [7, 11) is 0. The smallest absolute Gasteiger partial charge is 0.126 e. The van der Waals surface area contributed by atoms with Crippen molar-refractivity contribution in [3.63, 3.8) is 0 Å².